The largest absolute Gasteiger partial charge is 1.00 e. The molecule has 0 saturated carbocycles. The number of benzene rings is 3. The van der Waals surface area contributed by atoms with E-state index in [1.54, 1.807) is 0 Å². The maximum atomic E-state index is 12.6. The summed E-state index contributed by atoms with van der Waals surface area (Å²) in [6.45, 7) is 0. The van der Waals surface area contributed by atoms with Crippen LogP contribution < -0.4 is 67.7 Å². The van der Waals surface area contributed by atoms with Crippen LogP contribution in [-0.4, -0.2) is 22.8 Å². The van der Waals surface area contributed by atoms with E-state index in [2.05, 4.69) is 21.1 Å². The summed E-state index contributed by atoms with van der Waals surface area (Å²) >= 11 is 0. The maximum Gasteiger partial charge on any atom is 1.00 e. The maximum absolute atomic E-state index is 12.6. The van der Waals surface area contributed by atoms with Gasteiger partial charge >= 0.3 is 29.6 Å². The molecule has 0 spiro atoms. The molecule has 4 N–H and O–H groups in total. The molecule has 0 heterocycles. The van der Waals surface area contributed by atoms with Gasteiger partial charge in [0.1, 0.15) is 21.2 Å². The van der Waals surface area contributed by atoms with Crippen molar-refractivity contribution in [3.63, 3.8) is 0 Å². The van der Waals surface area contributed by atoms with Crippen molar-refractivity contribution in [3.05, 3.63) is 99.9 Å². The zero-order chi connectivity index (χ0) is 25.9. The molecule has 0 aromatic heterocycles. The molecule has 180 valence electrons. The molecule has 16 nitrogen and oxygen atoms in total. The van der Waals surface area contributed by atoms with E-state index in [1.807, 2.05) is 0 Å². The van der Waals surface area contributed by atoms with Crippen LogP contribution in [0.4, 0.5) is 28.4 Å². The van der Waals surface area contributed by atoms with Gasteiger partial charge in [-0.15, -0.1) is 0 Å². The third kappa shape index (κ3) is 6.34. The Morgan fingerprint density at radius 2 is 1.58 bits per heavy atom. The summed E-state index contributed by atoms with van der Waals surface area (Å²) in [4.78, 5) is 43.8. The average Bonchev–Trinajstić information content (AvgIpc) is 2.77. The van der Waals surface area contributed by atoms with Gasteiger partial charge in [-0.3, -0.25) is 40.7 Å². The fraction of sp³-hybridized carbons (Fsp3) is 0. The summed E-state index contributed by atoms with van der Waals surface area (Å²) in [5.41, 5.74) is 6.76. The van der Waals surface area contributed by atoms with E-state index in [-0.39, 0.29) is 46.6 Å². The van der Waals surface area contributed by atoms with Crippen LogP contribution in [-0.2, 0) is 10.1 Å². The van der Waals surface area contributed by atoms with E-state index in [1.165, 1.54) is 6.07 Å². The van der Waals surface area contributed by atoms with Gasteiger partial charge < -0.3 is 10.3 Å². The van der Waals surface area contributed by atoms with Gasteiger partial charge in [-0.2, -0.15) is 10.2 Å². The molecule has 0 unspecified atom stereocenters. The summed E-state index contributed by atoms with van der Waals surface area (Å²) < 4.78 is 34.4. The van der Waals surface area contributed by atoms with Gasteiger partial charge in [-0.05, 0) is 30.3 Å². The molecular weight excluding hydrogens is 513 g/mol. The van der Waals surface area contributed by atoms with Crippen LogP contribution in [0.15, 0.2) is 73.2 Å². The summed E-state index contributed by atoms with van der Waals surface area (Å²) in [5, 5.41) is 28.0. The van der Waals surface area contributed by atoms with Crippen LogP contribution in [0.25, 0.3) is 0 Å². The van der Waals surface area contributed by atoms with E-state index in [0.29, 0.717) is 6.07 Å². The first-order valence-electron chi connectivity index (χ1n) is 9.11. The molecule has 3 aromatic rings. The fourth-order valence-electron chi connectivity index (χ4n) is 2.69. The molecule has 0 aliphatic carbocycles. The molecule has 0 bridgehead atoms. The van der Waals surface area contributed by atoms with E-state index < -0.39 is 57.8 Å². The Morgan fingerprint density at radius 1 is 0.889 bits per heavy atom. The van der Waals surface area contributed by atoms with Crippen molar-refractivity contribution in [3.8, 4) is 0 Å². The number of nitrogen functional groups attached to an aromatic ring is 1. The van der Waals surface area contributed by atoms with Crippen molar-refractivity contribution in [2.75, 3.05) is 16.6 Å². The minimum absolute atomic E-state index is 0. The molecule has 0 aliphatic heterocycles. The zero-order valence-electron chi connectivity index (χ0n) is 18.1. The number of nitrogens with one attached hydrogen (secondary N) is 2. The monoisotopic (exact) mass is 525 g/mol. The van der Waals surface area contributed by atoms with Gasteiger partial charge in [-0.25, -0.2) is 8.42 Å². The number of nitro groups is 2. The molecule has 0 radical (unpaired) electrons. The zero-order valence-corrected chi connectivity index (χ0v) is 20.9. The number of anilines is 3. The van der Waals surface area contributed by atoms with Crippen LogP contribution in [0.1, 0.15) is 0 Å². The molecule has 0 saturated heterocycles. The third-order valence-corrected chi connectivity index (χ3v) is 5.21. The van der Waals surface area contributed by atoms with Gasteiger partial charge in [0.2, 0.25) is 10.9 Å². The minimum Gasteiger partial charge on any atom is -0.744 e. The first kappa shape index (κ1) is 28.2. The number of hydrogen-bond donors (Lipinski definition) is 3. The number of rotatable bonds is 7. The topological polar surface area (TPSA) is 252 Å². The summed E-state index contributed by atoms with van der Waals surface area (Å²) in [5.74, 6) is 0. The van der Waals surface area contributed by atoms with Crippen molar-refractivity contribution in [1.82, 2.24) is 0 Å². The van der Waals surface area contributed by atoms with Crippen molar-refractivity contribution in [2.24, 2.45) is 10.2 Å². The van der Waals surface area contributed by atoms with Crippen LogP contribution in [0.5, 0.6) is 0 Å². The molecule has 3 aromatic carbocycles. The van der Waals surface area contributed by atoms with Crippen molar-refractivity contribution >= 4 is 38.6 Å². The Hall–Kier alpha value is -4.03. The Kier molecular flexibility index (Phi) is 8.73. The van der Waals surface area contributed by atoms with Crippen molar-refractivity contribution in [1.29, 1.82) is 0 Å². The van der Waals surface area contributed by atoms with Crippen LogP contribution in [0.3, 0.4) is 0 Å². The number of non-ortho nitro benzene ring substituents is 1. The number of nitrogens with zero attached hydrogens (tertiary/aromatic N) is 4. The van der Waals surface area contributed by atoms with Gasteiger partial charge in [0, 0.05) is 18.2 Å². The van der Waals surface area contributed by atoms with Crippen molar-refractivity contribution < 1.29 is 52.4 Å². The summed E-state index contributed by atoms with van der Waals surface area (Å²) in [6, 6.07) is 7.76. The number of hydrogen-bond acceptors (Lipinski definition) is 14. The SMILES string of the molecule is Nc1cc(N/N=c2\c(=O)cc/c(=N\Nc3ccc([N+](=O)[O-])cc3S(=O)(=O)[O-])c2=O)ccc1[N+](=O)[O-].[Na+]. The van der Waals surface area contributed by atoms with E-state index in [4.69, 9.17) is 5.73 Å². The third-order valence-electron chi connectivity index (χ3n) is 4.34. The molecule has 18 heteroatoms. The van der Waals surface area contributed by atoms with Crippen LogP contribution >= 0.6 is 0 Å². The van der Waals surface area contributed by atoms with Gasteiger partial charge in [-0.1, -0.05) is 0 Å². The fourth-order valence-corrected chi connectivity index (χ4v) is 3.34. The second kappa shape index (κ2) is 11.1. The molecule has 0 amide bonds. The van der Waals surface area contributed by atoms with Gasteiger partial charge in [0.25, 0.3) is 11.4 Å². The standard InChI is InChI=1S/C18H13N7O9S.Na/c19-11-7-9(1-5-14(11)25(30)31)20-23-17-15(26)6-4-13(18(17)27)22-21-12-3-2-10(24(28)29)8-16(12)35(32,33)34;/h1-8,20-21H,19H2,(H,32,33,34);/q;+1/p-1/b22-13+,23-17+;. The Labute approximate surface area is 221 Å². The summed E-state index contributed by atoms with van der Waals surface area (Å²) in [7, 11) is -5.16. The number of nitro benzene ring substituents is 2. The van der Waals surface area contributed by atoms with Gasteiger partial charge in [0.15, 0.2) is 5.36 Å². The molecular formula is C18H12N7NaO9S. The first-order valence-corrected chi connectivity index (χ1v) is 10.5. The predicted molar refractivity (Wildman–Crippen MR) is 118 cm³/mol. The smallest absolute Gasteiger partial charge is 0.744 e. The Bertz CT molecular complexity index is 1700. The second-order valence-corrected chi connectivity index (χ2v) is 7.98. The Morgan fingerprint density at radius 3 is 2.17 bits per heavy atom. The molecule has 36 heavy (non-hydrogen) atoms. The van der Waals surface area contributed by atoms with Crippen molar-refractivity contribution in [2.45, 2.75) is 4.90 Å². The van der Waals surface area contributed by atoms with Gasteiger partial charge in [0.05, 0.1) is 26.1 Å². The van der Waals surface area contributed by atoms with E-state index in [9.17, 15) is 42.8 Å². The molecule has 0 aliphatic rings. The molecule has 0 atom stereocenters. The van der Waals surface area contributed by atoms with Crippen LogP contribution in [0, 0.1) is 20.2 Å². The number of nitrogens with two attached hydrogens (primary N) is 1. The Balaban J connectivity index is 0.00000456. The van der Waals surface area contributed by atoms with E-state index in [0.717, 1.165) is 36.4 Å². The molecule has 3 rings (SSSR count). The van der Waals surface area contributed by atoms with E-state index >= 15 is 0 Å². The summed E-state index contributed by atoms with van der Waals surface area (Å²) in [6.07, 6.45) is 0. The predicted octanol–water partition coefficient (Wildman–Crippen LogP) is -3.56. The molecule has 0 fully saturated rings. The average molecular weight is 525 g/mol. The van der Waals surface area contributed by atoms with Crippen LogP contribution in [0.2, 0.25) is 0 Å². The minimum atomic E-state index is -5.16. The first-order chi connectivity index (χ1) is 16.4. The quantitative estimate of drug-likeness (QED) is 0.0891. The second-order valence-electron chi connectivity index (χ2n) is 6.63. The normalized spacial score (nSPS) is 12.0.